The molecule has 0 radical (unpaired) electrons. The number of carbonyl (C=O) groups is 1. The van der Waals surface area contributed by atoms with E-state index in [-0.39, 0.29) is 5.82 Å². The Labute approximate surface area is 238 Å². The van der Waals surface area contributed by atoms with Crippen molar-refractivity contribution in [2.75, 3.05) is 5.32 Å². The molecule has 0 fully saturated rings. The third-order valence-electron chi connectivity index (χ3n) is 7.02. The van der Waals surface area contributed by atoms with Crippen LogP contribution < -0.4 is 10.1 Å². The summed E-state index contributed by atoms with van der Waals surface area (Å²) in [6, 6.07) is 8.99. The van der Waals surface area contributed by atoms with Gasteiger partial charge in [0.25, 0.3) is 5.91 Å². The Morgan fingerprint density at radius 1 is 0.850 bits per heavy atom. The largest absolute Gasteiger partial charge is 0.481 e. The molecular formula is C32H48F3N3O2. The first-order chi connectivity index (χ1) is 19.3. The van der Waals surface area contributed by atoms with Gasteiger partial charge in [-0.25, -0.2) is 9.97 Å². The zero-order valence-corrected chi connectivity index (χ0v) is 24.4. The van der Waals surface area contributed by atoms with Gasteiger partial charge in [0, 0.05) is 6.20 Å². The van der Waals surface area contributed by atoms with Gasteiger partial charge in [-0.05, 0) is 49.4 Å². The summed E-state index contributed by atoms with van der Waals surface area (Å²) in [6.45, 7) is 4.26. The molecular weight excluding hydrogens is 515 g/mol. The Morgan fingerprint density at radius 2 is 1.45 bits per heavy atom. The fourth-order valence-corrected chi connectivity index (χ4v) is 4.69. The number of benzene rings is 1. The van der Waals surface area contributed by atoms with Gasteiger partial charge in [-0.1, -0.05) is 109 Å². The van der Waals surface area contributed by atoms with E-state index in [2.05, 4.69) is 28.3 Å². The van der Waals surface area contributed by atoms with E-state index in [4.69, 9.17) is 4.74 Å². The number of rotatable bonds is 21. The molecule has 1 unspecified atom stereocenters. The number of aromatic nitrogens is 2. The van der Waals surface area contributed by atoms with Crippen molar-refractivity contribution in [3.63, 3.8) is 0 Å². The van der Waals surface area contributed by atoms with Gasteiger partial charge < -0.3 is 10.1 Å². The number of unbranched alkanes of at least 4 members (excludes halogenated alkanes) is 13. The molecule has 1 aromatic carbocycles. The van der Waals surface area contributed by atoms with Gasteiger partial charge in [0.1, 0.15) is 11.6 Å². The number of ether oxygens (including phenoxy) is 1. The van der Waals surface area contributed by atoms with Crippen molar-refractivity contribution in [2.45, 2.75) is 135 Å². The number of amides is 1. The lowest BCUT2D eigenvalue weighted by Crippen LogP contribution is -2.33. The van der Waals surface area contributed by atoms with Crippen molar-refractivity contribution in [2.24, 2.45) is 0 Å². The summed E-state index contributed by atoms with van der Waals surface area (Å²) in [4.78, 5) is 19.6. The molecule has 224 valence electrons. The summed E-state index contributed by atoms with van der Waals surface area (Å²) in [7, 11) is 0. The highest BCUT2D eigenvalue weighted by Gasteiger charge is 2.35. The minimum Gasteiger partial charge on any atom is -0.481 e. The number of hydrogen-bond acceptors (Lipinski definition) is 4. The second kappa shape index (κ2) is 19.4. The molecule has 2 rings (SSSR count). The van der Waals surface area contributed by atoms with Gasteiger partial charge in [0.2, 0.25) is 5.82 Å². The molecule has 5 nitrogen and oxygen atoms in total. The molecule has 0 aliphatic heterocycles. The van der Waals surface area contributed by atoms with E-state index in [9.17, 15) is 18.0 Å². The van der Waals surface area contributed by atoms with Crippen LogP contribution in [-0.2, 0) is 17.4 Å². The first kappa shape index (κ1) is 33.6. The molecule has 0 saturated heterocycles. The normalized spacial score (nSPS) is 12.3. The van der Waals surface area contributed by atoms with Crippen molar-refractivity contribution in [1.29, 1.82) is 0 Å². The lowest BCUT2D eigenvalue weighted by molar-refractivity contribution is -0.145. The third kappa shape index (κ3) is 14.1. The van der Waals surface area contributed by atoms with E-state index in [1.807, 2.05) is 25.1 Å². The van der Waals surface area contributed by atoms with Crippen LogP contribution in [0, 0.1) is 0 Å². The highest BCUT2D eigenvalue weighted by Crippen LogP contribution is 2.26. The van der Waals surface area contributed by atoms with Crippen LogP contribution in [0.25, 0.3) is 0 Å². The van der Waals surface area contributed by atoms with Crippen LogP contribution in [0.15, 0.2) is 36.5 Å². The van der Waals surface area contributed by atoms with E-state index >= 15 is 0 Å². The Hall–Kier alpha value is -2.64. The SMILES string of the molecule is CCCCCCCCCCCCCCCc1cccc(OC(CCCC)C(=O)Nc2ccnc(C(F)(F)F)n2)c1. The van der Waals surface area contributed by atoms with E-state index in [0.29, 0.717) is 12.2 Å². The Bertz CT molecular complexity index is 968. The molecule has 40 heavy (non-hydrogen) atoms. The number of nitrogens with one attached hydrogen (secondary N) is 1. The average Bonchev–Trinajstić information content (AvgIpc) is 2.93. The lowest BCUT2D eigenvalue weighted by Gasteiger charge is -2.19. The summed E-state index contributed by atoms with van der Waals surface area (Å²) in [5, 5.41) is 2.46. The molecule has 0 aliphatic rings. The number of carbonyl (C=O) groups excluding carboxylic acids is 1. The van der Waals surface area contributed by atoms with Crippen molar-refractivity contribution < 1.29 is 22.7 Å². The summed E-state index contributed by atoms with van der Waals surface area (Å²) in [6.07, 6.45) is 15.6. The smallest absolute Gasteiger partial charge is 0.451 e. The minimum absolute atomic E-state index is 0.200. The van der Waals surface area contributed by atoms with Gasteiger partial charge in [0.05, 0.1) is 0 Å². The standard InChI is InChI=1S/C32H48F3N3O2/c1-3-5-7-8-9-10-11-12-13-14-15-16-17-19-26-20-18-21-27(25-26)40-28(22-6-4-2)30(39)37-29-23-24-36-31(38-29)32(33,34)35/h18,20-21,23-25,28H,3-17,19,22H2,1-2H3,(H,36,37,38,39). The van der Waals surface area contributed by atoms with Gasteiger partial charge in [-0.2, -0.15) is 13.2 Å². The van der Waals surface area contributed by atoms with E-state index in [1.54, 1.807) is 0 Å². The zero-order chi connectivity index (χ0) is 29.1. The number of hydrogen-bond donors (Lipinski definition) is 1. The van der Waals surface area contributed by atoms with E-state index in [1.165, 1.54) is 83.1 Å². The maximum absolute atomic E-state index is 12.9. The first-order valence-electron chi connectivity index (χ1n) is 15.3. The number of alkyl halides is 3. The van der Waals surface area contributed by atoms with Crippen LogP contribution in [0.4, 0.5) is 19.0 Å². The molecule has 8 heteroatoms. The van der Waals surface area contributed by atoms with Crippen molar-refractivity contribution in [3.8, 4) is 5.75 Å². The van der Waals surface area contributed by atoms with Crippen LogP contribution in [-0.4, -0.2) is 22.0 Å². The van der Waals surface area contributed by atoms with Gasteiger partial charge in [-0.15, -0.1) is 0 Å². The fourth-order valence-electron chi connectivity index (χ4n) is 4.69. The highest BCUT2D eigenvalue weighted by atomic mass is 19.4. The molecule has 1 aromatic heterocycles. The average molecular weight is 564 g/mol. The van der Waals surface area contributed by atoms with Crippen LogP contribution >= 0.6 is 0 Å². The number of halogens is 3. The molecule has 2 aromatic rings. The zero-order valence-electron chi connectivity index (χ0n) is 24.4. The Kier molecular flexibility index (Phi) is 16.3. The van der Waals surface area contributed by atoms with Crippen molar-refractivity contribution >= 4 is 11.7 Å². The van der Waals surface area contributed by atoms with Crippen LogP contribution in [0.3, 0.4) is 0 Å². The molecule has 1 amide bonds. The highest BCUT2D eigenvalue weighted by molar-refractivity contribution is 5.93. The molecule has 1 heterocycles. The Balaban J connectivity index is 1.75. The lowest BCUT2D eigenvalue weighted by atomic mass is 10.0. The predicted molar refractivity (Wildman–Crippen MR) is 155 cm³/mol. The van der Waals surface area contributed by atoms with Crippen molar-refractivity contribution in [1.82, 2.24) is 9.97 Å². The Morgan fingerprint density at radius 3 is 2.05 bits per heavy atom. The summed E-state index contributed by atoms with van der Waals surface area (Å²) in [5.74, 6) is -1.44. The number of anilines is 1. The van der Waals surface area contributed by atoms with Crippen LogP contribution in [0.1, 0.15) is 128 Å². The fraction of sp³-hybridized carbons (Fsp3) is 0.656. The molecule has 0 aliphatic carbocycles. The summed E-state index contributed by atoms with van der Waals surface area (Å²) in [5.41, 5.74) is 1.15. The number of nitrogens with zero attached hydrogens (tertiary/aromatic N) is 2. The van der Waals surface area contributed by atoms with E-state index in [0.717, 1.165) is 37.4 Å². The number of aryl methyl sites for hydroxylation is 1. The summed E-state index contributed by atoms with van der Waals surface area (Å²) >= 11 is 0. The predicted octanol–water partition coefficient (Wildman–Crippen LogP) is 9.71. The monoisotopic (exact) mass is 563 g/mol. The topological polar surface area (TPSA) is 64.1 Å². The van der Waals surface area contributed by atoms with Crippen LogP contribution in [0.2, 0.25) is 0 Å². The maximum Gasteiger partial charge on any atom is 0.451 e. The van der Waals surface area contributed by atoms with Gasteiger partial charge in [-0.3, -0.25) is 4.79 Å². The second-order valence-corrected chi connectivity index (χ2v) is 10.6. The van der Waals surface area contributed by atoms with Crippen molar-refractivity contribution in [3.05, 3.63) is 47.9 Å². The van der Waals surface area contributed by atoms with Crippen LogP contribution in [0.5, 0.6) is 5.75 Å². The van der Waals surface area contributed by atoms with E-state index < -0.39 is 24.0 Å². The summed E-state index contributed by atoms with van der Waals surface area (Å²) < 4.78 is 44.9. The van der Waals surface area contributed by atoms with Gasteiger partial charge in [0.15, 0.2) is 6.10 Å². The molecule has 1 atom stereocenters. The third-order valence-corrected chi connectivity index (χ3v) is 7.02. The molecule has 1 N–H and O–H groups in total. The first-order valence-corrected chi connectivity index (χ1v) is 15.3. The molecule has 0 saturated carbocycles. The maximum atomic E-state index is 12.9. The molecule has 0 bridgehead atoms. The second-order valence-electron chi connectivity index (χ2n) is 10.6. The quantitative estimate of drug-likeness (QED) is 0.154. The van der Waals surface area contributed by atoms with Gasteiger partial charge >= 0.3 is 6.18 Å². The molecule has 0 spiro atoms. The minimum atomic E-state index is -4.69.